The highest BCUT2D eigenvalue weighted by Gasteiger charge is 2.27. The lowest BCUT2D eigenvalue weighted by Gasteiger charge is -2.25. The lowest BCUT2D eigenvalue weighted by Crippen LogP contribution is -2.25. The fraction of sp³-hybridized carbons (Fsp3) is 0.263. The summed E-state index contributed by atoms with van der Waals surface area (Å²) in [4.78, 5) is 23.6. The third-order valence-corrected chi connectivity index (χ3v) is 5.07. The number of aromatic nitrogens is 3. The van der Waals surface area contributed by atoms with Gasteiger partial charge in [-0.2, -0.15) is 5.26 Å². The van der Waals surface area contributed by atoms with Crippen molar-refractivity contribution in [2.24, 2.45) is 13.0 Å². The van der Waals surface area contributed by atoms with E-state index in [1.165, 1.54) is 12.8 Å². The molecule has 1 saturated carbocycles. The zero-order chi connectivity index (χ0) is 18.3. The van der Waals surface area contributed by atoms with Gasteiger partial charge in [-0.1, -0.05) is 0 Å². The predicted molar refractivity (Wildman–Crippen MR) is 103 cm³/mol. The first kappa shape index (κ1) is 16.7. The molecule has 0 aromatic carbocycles. The Kier molecular flexibility index (Phi) is 4.21. The largest absolute Gasteiger partial charge is 0.324 e. The standard InChI is InChI=1S/C19H16BrN5O/c1-24-15-6-5-14(9-21)23-19(15)16(8-18(24)26)25(11-12-2-3-12)17-7-4-13(20)10-22-17/h4-8,10,12H,2-3,11H2,1H3. The van der Waals surface area contributed by atoms with Crippen molar-refractivity contribution < 1.29 is 0 Å². The van der Waals surface area contributed by atoms with Crippen LogP contribution in [0.5, 0.6) is 0 Å². The van der Waals surface area contributed by atoms with Crippen LogP contribution in [0.3, 0.4) is 0 Å². The summed E-state index contributed by atoms with van der Waals surface area (Å²) < 4.78 is 2.45. The molecule has 1 aliphatic carbocycles. The number of aryl methyl sites for hydroxylation is 1. The van der Waals surface area contributed by atoms with Gasteiger partial charge in [-0.3, -0.25) is 4.79 Å². The van der Waals surface area contributed by atoms with E-state index in [0.717, 1.165) is 16.8 Å². The Morgan fingerprint density at radius 1 is 1.35 bits per heavy atom. The number of rotatable bonds is 4. The second-order valence-corrected chi connectivity index (χ2v) is 7.41. The van der Waals surface area contributed by atoms with Crippen LogP contribution in [0.4, 0.5) is 11.5 Å². The highest BCUT2D eigenvalue weighted by Crippen LogP contribution is 2.36. The van der Waals surface area contributed by atoms with Crippen LogP contribution in [0.25, 0.3) is 11.0 Å². The molecule has 0 atom stereocenters. The maximum absolute atomic E-state index is 12.5. The summed E-state index contributed by atoms with van der Waals surface area (Å²) in [7, 11) is 1.71. The van der Waals surface area contributed by atoms with E-state index in [2.05, 4.69) is 32.0 Å². The van der Waals surface area contributed by atoms with Crippen LogP contribution in [0.15, 0.2) is 45.8 Å². The molecule has 0 bridgehead atoms. The molecule has 4 rings (SSSR count). The number of nitriles is 1. The molecule has 1 aliphatic rings. The minimum atomic E-state index is -0.114. The number of hydrogen-bond acceptors (Lipinski definition) is 5. The predicted octanol–water partition coefficient (Wildman–Crippen LogP) is 3.51. The molecule has 0 unspecified atom stereocenters. The van der Waals surface area contributed by atoms with Gasteiger partial charge in [0.15, 0.2) is 0 Å². The van der Waals surface area contributed by atoms with E-state index >= 15 is 0 Å². The molecule has 26 heavy (non-hydrogen) atoms. The molecule has 6 nitrogen and oxygen atoms in total. The molecule has 0 aliphatic heterocycles. The SMILES string of the molecule is Cn1c(=O)cc(N(CC2CC2)c2ccc(Br)cn2)c2nc(C#N)ccc21. The average molecular weight is 410 g/mol. The summed E-state index contributed by atoms with van der Waals surface area (Å²) >= 11 is 3.41. The Hall–Kier alpha value is -2.72. The number of halogens is 1. The number of anilines is 2. The quantitative estimate of drug-likeness (QED) is 0.658. The fourth-order valence-corrected chi connectivity index (χ4v) is 3.22. The van der Waals surface area contributed by atoms with Gasteiger partial charge in [0.25, 0.3) is 5.56 Å². The zero-order valence-electron chi connectivity index (χ0n) is 14.2. The highest BCUT2D eigenvalue weighted by atomic mass is 79.9. The van der Waals surface area contributed by atoms with Gasteiger partial charge in [0.1, 0.15) is 23.1 Å². The molecule has 3 aromatic rings. The molecule has 0 saturated heterocycles. The molecule has 0 radical (unpaired) electrons. The van der Waals surface area contributed by atoms with Crippen LogP contribution in [0.1, 0.15) is 18.5 Å². The van der Waals surface area contributed by atoms with E-state index in [-0.39, 0.29) is 5.56 Å². The first-order valence-corrected chi connectivity index (χ1v) is 9.16. The second kappa shape index (κ2) is 6.54. The van der Waals surface area contributed by atoms with Crippen molar-refractivity contribution in [3.8, 4) is 6.07 Å². The molecule has 3 heterocycles. The van der Waals surface area contributed by atoms with Gasteiger partial charge in [0.05, 0.1) is 11.2 Å². The van der Waals surface area contributed by atoms with Crippen molar-refractivity contribution in [3.63, 3.8) is 0 Å². The minimum Gasteiger partial charge on any atom is -0.324 e. The van der Waals surface area contributed by atoms with Gasteiger partial charge < -0.3 is 9.47 Å². The summed E-state index contributed by atoms with van der Waals surface area (Å²) in [6.45, 7) is 0.773. The van der Waals surface area contributed by atoms with Crippen LogP contribution < -0.4 is 10.5 Å². The number of hydrogen-bond donors (Lipinski definition) is 0. The van der Waals surface area contributed by atoms with Crippen LogP contribution >= 0.6 is 15.9 Å². The molecule has 3 aromatic heterocycles. The summed E-state index contributed by atoms with van der Waals surface area (Å²) in [6, 6.07) is 10.9. The maximum Gasteiger partial charge on any atom is 0.252 e. The number of pyridine rings is 3. The first-order chi connectivity index (χ1) is 12.6. The molecule has 0 N–H and O–H groups in total. The van der Waals surface area contributed by atoms with E-state index < -0.39 is 0 Å². The van der Waals surface area contributed by atoms with E-state index in [9.17, 15) is 10.1 Å². The summed E-state index contributed by atoms with van der Waals surface area (Å²) in [5.74, 6) is 1.34. The van der Waals surface area contributed by atoms with Crippen molar-refractivity contribution in [1.29, 1.82) is 5.26 Å². The Morgan fingerprint density at radius 2 is 2.15 bits per heavy atom. The second-order valence-electron chi connectivity index (χ2n) is 6.49. The topological polar surface area (TPSA) is 74.8 Å². The van der Waals surface area contributed by atoms with Crippen LogP contribution in [-0.2, 0) is 7.05 Å². The van der Waals surface area contributed by atoms with E-state index in [4.69, 9.17) is 0 Å². The third kappa shape index (κ3) is 3.08. The maximum atomic E-state index is 12.5. The molecular weight excluding hydrogens is 394 g/mol. The number of nitrogens with zero attached hydrogens (tertiary/aromatic N) is 5. The molecule has 0 amide bonds. The van der Waals surface area contributed by atoms with Gasteiger partial charge in [-0.25, -0.2) is 9.97 Å². The van der Waals surface area contributed by atoms with E-state index in [0.29, 0.717) is 28.3 Å². The molecule has 130 valence electrons. The van der Waals surface area contributed by atoms with Crippen molar-refractivity contribution in [2.75, 3.05) is 11.4 Å². The summed E-state index contributed by atoms with van der Waals surface area (Å²) in [5.41, 5.74) is 2.24. The Morgan fingerprint density at radius 3 is 2.81 bits per heavy atom. The van der Waals surface area contributed by atoms with Gasteiger partial charge in [-0.05, 0) is 59.0 Å². The molecular formula is C19H16BrN5O. The van der Waals surface area contributed by atoms with Gasteiger partial charge in [0, 0.05) is 30.3 Å². The Balaban J connectivity index is 1.96. The monoisotopic (exact) mass is 409 g/mol. The highest BCUT2D eigenvalue weighted by molar-refractivity contribution is 9.10. The normalized spacial score (nSPS) is 13.6. The van der Waals surface area contributed by atoms with E-state index in [1.54, 1.807) is 36.0 Å². The third-order valence-electron chi connectivity index (χ3n) is 4.60. The lowest BCUT2D eigenvalue weighted by molar-refractivity contribution is 0.801. The van der Waals surface area contributed by atoms with E-state index in [1.807, 2.05) is 17.0 Å². The van der Waals surface area contributed by atoms with Crippen molar-refractivity contribution in [1.82, 2.24) is 14.5 Å². The van der Waals surface area contributed by atoms with Crippen molar-refractivity contribution in [3.05, 3.63) is 57.0 Å². The Bertz CT molecular complexity index is 1080. The number of fused-ring (bicyclic) bond motifs is 1. The summed E-state index contributed by atoms with van der Waals surface area (Å²) in [6.07, 6.45) is 4.09. The van der Waals surface area contributed by atoms with Crippen LogP contribution in [0.2, 0.25) is 0 Å². The smallest absolute Gasteiger partial charge is 0.252 e. The molecule has 1 fully saturated rings. The lowest BCUT2D eigenvalue weighted by atomic mass is 10.2. The average Bonchev–Trinajstić information content (AvgIpc) is 3.47. The fourth-order valence-electron chi connectivity index (χ4n) is 2.98. The van der Waals surface area contributed by atoms with Crippen LogP contribution in [-0.4, -0.2) is 21.1 Å². The molecule has 0 spiro atoms. The van der Waals surface area contributed by atoms with Gasteiger partial charge in [0.2, 0.25) is 0 Å². The van der Waals surface area contributed by atoms with Crippen molar-refractivity contribution >= 4 is 38.5 Å². The summed E-state index contributed by atoms with van der Waals surface area (Å²) in [5, 5.41) is 9.24. The Labute approximate surface area is 158 Å². The minimum absolute atomic E-state index is 0.114. The van der Waals surface area contributed by atoms with Crippen molar-refractivity contribution in [2.45, 2.75) is 12.8 Å². The zero-order valence-corrected chi connectivity index (χ0v) is 15.8. The van der Waals surface area contributed by atoms with Crippen LogP contribution in [0, 0.1) is 17.2 Å². The van der Waals surface area contributed by atoms with Gasteiger partial charge in [-0.15, -0.1) is 0 Å². The molecule has 7 heteroatoms. The van der Waals surface area contributed by atoms with Gasteiger partial charge >= 0.3 is 0 Å². The first-order valence-electron chi connectivity index (χ1n) is 8.37.